The lowest BCUT2D eigenvalue weighted by Crippen LogP contribution is -2.27. The summed E-state index contributed by atoms with van der Waals surface area (Å²) in [5.41, 5.74) is 0.688. The first-order valence-electron chi connectivity index (χ1n) is 8.21. The van der Waals surface area contributed by atoms with Crippen molar-refractivity contribution in [3.63, 3.8) is 0 Å². The monoisotopic (exact) mass is 328 g/mol. The molecule has 0 radical (unpaired) electrons. The zero-order valence-corrected chi connectivity index (χ0v) is 14.0. The maximum atomic E-state index is 12.3. The van der Waals surface area contributed by atoms with Gasteiger partial charge in [0.2, 0.25) is 5.95 Å². The number of aromatic amines is 1. The summed E-state index contributed by atoms with van der Waals surface area (Å²) < 4.78 is 1.69. The molecule has 0 atom stereocenters. The van der Waals surface area contributed by atoms with Gasteiger partial charge in [0.05, 0.1) is 18.2 Å². The van der Waals surface area contributed by atoms with Crippen molar-refractivity contribution in [3.05, 3.63) is 16.6 Å². The minimum Gasteiger partial charge on any atom is -0.290 e. The van der Waals surface area contributed by atoms with Crippen molar-refractivity contribution in [2.75, 3.05) is 5.01 Å². The second-order valence-electron chi connectivity index (χ2n) is 7.55. The third kappa shape index (κ3) is 2.51. The number of H-pyrrole nitrogens is 1. The lowest BCUT2D eigenvalue weighted by atomic mass is 10.1. The van der Waals surface area contributed by atoms with E-state index < -0.39 is 0 Å². The van der Waals surface area contributed by atoms with Crippen molar-refractivity contribution in [3.8, 4) is 0 Å². The van der Waals surface area contributed by atoms with Crippen molar-refractivity contribution < 1.29 is 4.79 Å². The highest BCUT2D eigenvalue weighted by Gasteiger charge is 2.32. The minimum atomic E-state index is -0.324. The average molecular weight is 328 g/mol. The number of hydrogen-bond donors (Lipinski definition) is 1. The second-order valence-corrected chi connectivity index (χ2v) is 7.55. The number of hydrogen-bond acceptors (Lipinski definition) is 5. The number of aromatic nitrogens is 4. The first kappa shape index (κ1) is 15.0. The Morgan fingerprint density at radius 1 is 1.29 bits per heavy atom. The van der Waals surface area contributed by atoms with Crippen LogP contribution < -0.4 is 10.6 Å². The van der Waals surface area contributed by atoms with Crippen LogP contribution in [0, 0.1) is 5.92 Å². The summed E-state index contributed by atoms with van der Waals surface area (Å²) in [5, 5.41) is 10.3. The molecule has 0 spiro atoms. The molecule has 126 valence electrons. The maximum Gasteiger partial charge on any atom is 0.263 e. The number of amides is 1. The molecular weight excluding hydrogens is 308 g/mol. The molecule has 3 heterocycles. The van der Waals surface area contributed by atoms with Crippen molar-refractivity contribution >= 4 is 28.6 Å². The average Bonchev–Trinajstić information content (AvgIpc) is 3.05. The van der Waals surface area contributed by atoms with Crippen LogP contribution in [0.5, 0.6) is 0 Å². The summed E-state index contributed by atoms with van der Waals surface area (Å²) in [6.45, 7) is 5.94. The molecule has 0 aromatic carbocycles. The van der Waals surface area contributed by atoms with Crippen LogP contribution in [0.1, 0.15) is 46.5 Å². The molecule has 0 bridgehead atoms. The third-order valence-electron chi connectivity index (χ3n) is 4.32. The Morgan fingerprint density at radius 3 is 2.71 bits per heavy atom. The van der Waals surface area contributed by atoms with Crippen LogP contribution >= 0.6 is 0 Å². The normalized spacial score (nSPS) is 18.5. The standard InChI is InChI=1S/C16H20N6O2/c1-16(2,3)22-13-11(8-17-22)14(24)19-15(18-13)21-12(23)7-10(20-21)6-9-4-5-9/h8-9H,4-7H2,1-3H3,(H,18,19,24). The zero-order valence-electron chi connectivity index (χ0n) is 14.0. The molecule has 1 amide bonds. The van der Waals surface area contributed by atoms with Crippen molar-refractivity contribution in [1.82, 2.24) is 19.7 Å². The van der Waals surface area contributed by atoms with Crippen molar-refractivity contribution in [2.45, 2.75) is 52.0 Å². The molecule has 1 fully saturated rings. The van der Waals surface area contributed by atoms with Crippen LogP contribution in [-0.4, -0.2) is 31.4 Å². The van der Waals surface area contributed by atoms with Gasteiger partial charge in [0.1, 0.15) is 5.39 Å². The summed E-state index contributed by atoms with van der Waals surface area (Å²) in [6.07, 6.45) is 5.08. The van der Waals surface area contributed by atoms with E-state index in [0.717, 1.165) is 12.1 Å². The summed E-state index contributed by atoms with van der Waals surface area (Å²) in [6, 6.07) is 0. The summed E-state index contributed by atoms with van der Waals surface area (Å²) in [5.74, 6) is 0.664. The van der Waals surface area contributed by atoms with Gasteiger partial charge in [0, 0.05) is 5.71 Å². The fourth-order valence-corrected chi connectivity index (χ4v) is 2.91. The van der Waals surface area contributed by atoms with Crippen molar-refractivity contribution in [2.24, 2.45) is 11.0 Å². The number of anilines is 1. The van der Waals surface area contributed by atoms with Gasteiger partial charge in [-0.3, -0.25) is 14.6 Å². The van der Waals surface area contributed by atoms with Gasteiger partial charge in [-0.05, 0) is 46.0 Å². The van der Waals surface area contributed by atoms with E-state index in [1.54, 1.807) is 4.68 Å². The van der Waals surface area contributed by atoms with E-state index in [4.69, 9.17) is 0 Å². The quantitative estimate of drug-likeness (QED) is 0.928. The number of carbonyl (C=O) groups excluding carboxylic acids is 1. The van der Waals surface area contributed by atoms with Gasteiger partial charge in [-0.25, -0.2) is 4.68 Å². The van der Waals surface area contributed by atoms with E-state index in [9.17, 15) is 9.59 Å². The van der Waals surface area contributed by atoms with Crippen LogP contribution in [0.3, 0.4) is 0 Å². The Bertz CT molecular complexity index is 913. The predicted octanol–water partition coefficient (Wildman–Crippen LogP) is 1.77. The van der Waals surface area contributed by atoms with Gasteiger partial charge in [0.25, 0.3) is 11.5 Å². The predicted molar refractivity (Wildman–Crippen MR) is 90.0 cm³/mol. The minimum absolute atomic E-state index is 0.157. The SMILES string of the molecule is CC(C)(C)n1ncc2c(=O)[nH]c(N3N=C(CC4CC4)CC3=O)nc21. The first-order chi connectivity index (χ1) is 11.3. The highest BCUT2D eigenvalue weighted by Crippen LogP contribution is 2.34. The van der Waals surface area contributed by atoms with Gasteiger partial charge in [-0.1, -0.05) is 0 Å². The van der Waals surface area contributed by atoms with Crippen LogP contribution in [-0.2, 0) is 10.3 Å². The highest BCUT2D eigenvalue weighted by atomic mass is 16.2. The van der Waals surface area contributed by atoms with Gasteiger partial charge in [-0.2, -0.15) is 20.2 Å². The molecule has 24 heavy (non-hydrogen) atoms. The van der Waals surface area contributed by atoms with Crippen LogP contribution in [0.4, 0.5) is 5.95 Å². The van der Waals surface area contributed by atoms with Crippen LogP contribution in [0.15, 0.2) is 16.1 Å². The van der Waals surface area contributed by atoms with E-state index >= 15 is 0 Å². The second kappa shape index (κ2) is 4.99. The van der Waals surface area contributed by atoms with Gasteiger partial charge >= 0.3 is 0 Å². The number of fused-ring (bicyclic) bond motifs is 1. The Kier molecular flexibility index (Phi) is 3.13. The topological polar surface area (TPSA) is 96.2 Å². The fraction of sp³-hybridized carbons (Fsp3) is 0.562. The van der Waals surface area contributed by atoms with Gasteiger partial charge in [0.15, 0.2) is 5.65 Å². The molecule has 2 aromatic heterocycles. The number of rotatable bonds is 3. The summed E-state index contributed by atoms with van der Waals surface area (Å²) in [7, 11) is 0. The fourth-order valence-electron chi connectivity index (χ4n) is 2.91. The number of nitrogens with zero attached hydrogens (tertiary/aromatic N) is 5. The lowest BCUT2D eigenvalue weighted by molar-refractivity contribution is -0.117. The Hall–Kier alpha value is -2.51. The summed E-state index contributed by atoms with van der Waals surface area (Å²) in [4.78, 5) is 31.7. The molecule has 8 heteroatoms. The zero-order chi connectivity index (χ0) is 17.1. The van der Waals surface area contributed by atoms with Gasteiger partial charge < -0.3 is 0 Å². The molecule has 0 saturated heterocycles. The number of hydrazone groups is 1. The molecule has 4 rings (SSSR count). The highest BCUT2D eigenvalue weighted by molar-refractivity contribution is 6.12. The molecule has 1 aliphatic heterocycles. The van der Waals surface area contributed by atoms with E-state index in [0.29, 0.717) is 23.4 Å². The molecule has 2 aliphatic rings. The Balaban J connectivity index is 1.78. The largest absolute Gasteiger partial charge is 0.290 e. The molecule has 2 aromatic rings. The Morgan fingerprint density at radius 2 is 2.04 bits per heavy atom. The third-order valence-corrected chi connectivity index (χ3v) is 4.32. The van der Waals surface area contributed by atoms with E-state index in [-0.39, 0.29) is 23.0 Å². The van der Waals surface area contributed by atoms with E-state index in [1.165, 1.54) is 24.0 Å². The molecular formula is C16H20N6O2. The van der Waals surface area contributed by atoms with E-state index in [1.807, 2.05) is 20.8 Å². The lowest BCUT2D eigenvalue weighted by Gasteiger charge is -2.20. The van der Waals surface area contributed by atoms with Gasteiger partial charge in [-0.15, -0.1) is 0 Å². The Labute approximate surface area is 138 Å². The first-order valence-corrected chi connectivity index (χ1v) is 8.21. The van der Waals surface area contributed by atoms with E-state index in [2.05, 4.69) is 20.2 Å². The number of nitrogens with one attached hydrogen (secondary N) is 1. The maximum absolute atomic E-state index is 12.3. The summed E-state index contributed by atoms with van der Waals surface area (Å²) >= 11 is 0. The molecule has 1 saturated carbocycles. The number of carbonyl (C=O) groups is 1. The molecule has 8 nitrogen and oxygen atoms in total. The molecule has 0 unspecified atom stereocenters. The smallest absolute Gasteiger partial charge is 0.263 e. The van der Waals surface area contributed by atoms with Crippen molar-refractivity contribution in [1.29, 1.82) is 0 Å². The molecule has 1 N–H and O–H groups in total. The van der Waals surface area contributed by atoms with Crippen LogP contribution in [0.2, 0.25) is 0 Å². The van der Waals surface area contributed by atoms with Crippen LogP contribution in [0.25, 0.3) is 11.0 Å². The molecule has 1 aliphatic carbocycles.